The van der Waals surface area contributed by atoms with Crippen LogP contribution in [0.4, 0.5) is 4.79 Å². The standard InChI is InChI=1S/C14H20N2O3S/c1-14(2)7-3-6-10(14)15-13(19)16-11(12(17)18)9-5-4-8-20-9/h4-5,8,10-11H,3,6-7H2,1-2H3,(H,17,18)(H2,15,16,19). The molecule has 1 saturated carbocycles. The summed E-state index contributed by atoms with van der Waals surface area (Å²) in [6.07, 6.45) is 3.10. The van der Waals surface area contributed by atoms with Gasteiger partial charge in [-0.25, -0.2) is 9.59 Å². The Labute approximate surface area is 122 Å². The van der Waals surface area contributed by atoms with Gasteiger partial charge in [0.15, 0.2) is 6.04 Å². The van der Waals surface area contributed by atoms with Crippen LogP contribution in [0.3, 0.4) is 0 Å². The second-order valence-corrected chi connectivity index (χ2v) is 6.82. The molecule has 1 heterocycles. The van der Waals surface area contributed by atoms with Crippen molar-refractivity contribution in [2.75, 3.05) is 0 Å². The topological polar surface area (TPSA) is 78.4 Å². The molecule has 2 rings (SSSR count). The van der Waals surface area contributed by atoms with Crippen LogP contribution in [-0.2, 0) is 4.79 Å². The Kier molecular flexibility index (Phi) is 4.32. The van der Waals surface area contributed by atoms with Crippen LogP contribution in [-0.4, -0.2) is 23.1 Å². The minimum atomic E-state index is -1.05. The van der Waals surface area contributed by atoms with Crippen LogP contribution in [0.2, 0.25) is 0 Å². The van der Waals surface area contributed by atoms with Gasteiger partial charge in [0, 0.05) is 10.9 Å². The molecule has 6 heteroatoms. The van der Waals surface area contributed by atoms with Gasteiger partial charge in [-0.15, -0.1) is 11.3 Å². The Bertz CT molecular complexity index is 485. The lowest BCUT2D eigenvalue weighted by Crippen LogP contribution is -2.48. The molecule has 3 N–H and O–H groups in total. The molecule has 1 fully saturated rings. The molecule has 1 aliphatic rings. The number of nitrogens with one attached hydrogen (secondary N) is 2. The van der Waals surface area contributed by atoms with Crippen molar-refractivity contribution in [1.82, 2.24) is 10.6 Å². The van der Waals surface area contributed by atoms with E-state index in [-0.39, 0.29) is 11.5 Å². The summed E-state index contributed by atoms with van der Waals surface area (Å²) in [6, 6.07) is 2.18. The highest BCUT2D eigenvalue weighted by Crippen LogP contribution is 2.37. The SMILES string of the molecule is CC1(C)CCCC1NC(=O)NC(C(=O)O)c1cccs1. The molecule has 110 valence electrons. The summed E-state index contributed by atoms with van der Waals surface area (Å²) < 4.78 is 0. The van der Waals surface area contributed by atoms with E-state index < -0.39 is 18.0 Å². The van der Waals surface area contributed by atoms with Crippen LogP contribution >= 0.6 is 11.3 Å². The number of carbonyl (C=O) groups excluding carboxylic acids is 1. The molecule has 0 saturated heterocycles. The van der Waals surface area contributed by atoms with Crippen molar-refractivity contribution in [1.29, 1.82) is 0 Å². The summed E-state index contributed by atoms with van der Waals surface area (Å²) in [5, 5.41) is 16.5. The number of thiophene rings is 1. The smallest absolute Gasteiger partial charge is 0.331 e. The van der Waals surface area contributed by atoms with Gasteiger partial charge in [0.2, 0.25) is 0 Å². The predicted octanol–water partition coefficient (Wildman–Crippen LogP) is 2.75. The summed E-state index contributed by atoms with van der Waals surface area (Å²) in [5.74, 6) is -1.05. The highest BCUT2D eigenvalue weighted by Gasteiger charge is 2.36. The monoisotopic (exact) mass is 296 g/mol. The minimum Gasteiger partial charge on any atom is -0.479 e. The molecule has 0 bridgehead atoms. The molecule has 1 aromatic heterocycles. The van der Waals surface area contributed by atoms with Gasteiger partial charge >= 0.3 is 12.0 Å². The second kappa shape index (κ2) is 5.83. The molecule has 2 unspecified atom stereocenters. The average Bonchev–Trinajstić information content (AvgIpc) is 2.97. The molecule has 1 aromatic rings. The third kappa shape index (κ3) is 3.30. The summed E-state index contributed by atoms with van der Waals surface area (Å²) in [7, 11) is 0. The summed E-state index contributed by atoms with van der Waals surface area (Å²) in [6.45, 7) is 4.25. The fourth-order valence-electron chi connectivity index (χ4n) is 2.64. The Balaban J connectivity index is 1.98. The van der Waals surface area contributed by atoms with Gasteiger partial charge in [-0.3, -0.25) is 0 Å². The number of hydrogen-bond donors (Lipinski definition) is 3. The van der Waals surface area contributed by atoms with Crippen LogP contribution in [0.15, 0.2) is 17.5 Å². The van der Waals surface area contributed by atoms with E-state index in [1.807, 2.05) is 0 Å². The number of urea groups is 1. The normalized spacial score (nSPS) is 22.2. The molecule has 2 amide bonds. The van der Waals surface area contributed by atoms with Gasteiger partial charge in [-0.2, -0.15) is 0 Å². The van der Waals surface area contributed by atoms with E-state index in [9.17, 15) is 14.7 Å². The van der Waals surface area contributed by atoms with Crippen LogP contribution < -0.4 is 10.6 Å². The van der Waals surface area contributed by atoms with E-state index in [1.165, 1.54) is 11.3 Å². The van der Waals surface area contributed by atoms with Gasteiger partial charge in [0.1, 0.15) is 0 Å². The Morgan fingerprint density at radius 3 is 2.75 bits per heavy atom. The zero-order valence-electron chi connectivity index (χ0n) is 11.7. The third-order valence-electron chi connectivity index (χ3n) is 3.91. The Morgan fingerprint density at radius 1 is 1.50 bits per heavy atom. The first-order valence-corrected chi connectivity index (χ1v) is 7.61. The number of hydrogen-bond acceptors (Lipinski definition) is 3. The van der Waals surface area contributed by atoms with Crippen molar-refractivity contribution >= 4 is 23.3 Å². The van der Waals surface area contributed by atoms with Gasteiger partial charge in [0.25, 0.3) is 0 Å². The number of carboxylic acid groups (broad SMARTS) is 1. The summed E-state index contributed by atoms with van der Waals surface area (Å²) in [5.41, 5.74) is 0.0684. The van der Waals surface area contributed by atoms with E-state index in [4.69, 9.17) is 0 Å². The lowest BCUT2D eigenvalue weighted by Gasteiger charge is -2.28. The van der Waals surface area contributed by atoms with Gasteiger partial charge in [0.05, 0.1) is 0 Å². The fraction of sp³-hybridized carbons (Fsp3) is 0.571. The van der Waals surface area contributed by atoms with Crippen molar-refractivity contribution in [3.63, 3.8) is 0 Å². The minimum absolute atomic E-state index is 0.0684. The highest BCUT2D eigenvalue weighted by molar-refractivity contribution is 7.10. The van der Waals surface area contributed by atoms with Gasteiger partial charge in [-0.1, -0.05) is 26.3 Å². The number of amides is 2. The maximum atomic E-state index is 12.0. The maximum Gasteiger partial charge on any atom is 0.331 e. The van der Waals surface area contributed by atoms with E-state index in [1.54, 1.807) is 17.5 Å². The summed E-state index contributed by atoms with van der Waals surface area (Å²) >= 11 is 1.32. The van der Waals surface area contributed by atoms with E-state index in [0.29, 0.717) is 4.88 Å². The molecule has 20 heavy (non-hydrogen) atoms. The van der Waals surface area contributed by atoms with E-state index >= 15 is 0 Å². The van der Waals surface area contributed by atoms with E-state index in [0.717, 1.165) is 19.3 Å². The van der Waals surface area contributed by atoms with Gasteiger partial charge in [-0.05, 0) is 29.7 Å². The maximum absolute atomic E-state index is 12.0. The first kappa shape index (κ1) is 14.8. The molecule has 0 radical (unpaired) electrons. The lowest BCUT2D eigenvalue weighted by molar-refractivity contribution is -0.139. The zero-order valence-corrected chi connectivity index (χ0v) is 12.5. The van der Waals surface area contributed by atoms with Gasteiger partial charge < -0.3 is 15.7 Å². The highest BCUT2D eigenvalue weighted by atomic mass is 32.1. The fourth-order valence-corrected chi connectivity index (χ4v) is 3.40. The molecule has 0 aromatic carbocycles. The van der Waals surface area contributed by atoms with Crippen molar-refractivity contribution < 1.29 is 14.7 Å². The van der Waals surface area contributed by atoms with Crippen LogP contribution in [0, 0.1) is 5.41 Å². The molecular formula is C14H20N2O3S. The molecule has 0 spiro atoms. The second-order valence-electron chi connectivity index (χ2n) is 5.84. The first-order valence-electron chi connectivity index (χ1n) is 6.73. The molecule has 5 nitrogen and oxygen atoms in total. The van der Waals surface area contributed by atoms with Crippen molar-refractivity contribution in [3.8, 4) is 0 Å². The molecule has 0 aliphatic heterocycles. The van der Waals surface area contributed by atoms with Crippen LogP contribution in [0.25, 0.3) is 0 Å². The third-order valence-corrected chi connectivity index (χ3v) is 4.85. The van der Waals surface area contributed by atoms with Crippen molar-refractivity contribution in [3.05, 3.63) is 22.4 Å². The van der Waals surface area contributed by atoms with Crippen molar-refractivity contribution in [2.24, 2.45) is 5.41 Å². The number of rotatable bonds is 4. The average molecular weight is 296 g/mol. The Morgan fingerprint density at radius 2 is 2.25 bits per heavy atom. The number of carbonyl (C=O) groups is 2. The summed E-state index contributed by atoms with van der Waals surface area (Å²) in [4.78, 5) is 23.9. The largest absolute Gasteiger partial charge is 0.479 e. The first-order chi connectivity index (χ1) is 9.40. The number of aliphatic carboxylic acids is 1. The van der Waals surface area contributed by atoms with Crippen LogP contribution in [0.1, 0.15) is 44.0 Å². The van der Waals surface area contributed by atoms with E-state index in [2.05, 4.69) is 24.5 Å². The van der Waals surface area contributed by atoms with Crippen LogP contribution in [0.5, 0.6) is 0 Å². The molecule has 1 aliphatic carbocycles. The van der Waals surface area contributed by atoms with Crippen molar-refractivity contribution in [2.45, 2.75) is 45.2 Å². The molecular weight excluding hydrogens is 276 g/mol. The zero-order chi connectivity index (χ0) is 14.8. The number of carboxylic acids is 1. The quantitative estimate of drug-likeness (QED) is 0.799. The molecule has 2 atom stereocenters. The Hall–Kier alpha value is -1.56. The lowest BCUT2D eigenvalue weighted by atomic mass is 9.87. The predicted molar refractivity (Wildman–Crippen MR) is 77.8 cm³/mol.